The summed E-state index contributed by atoms with van der Waals surface area (Å²) in [5.74, 6) is 0.408. The Kier molecular flexibility index (Phi) is 6.02. The molecule has 1 N–H and O–H groups in total. The van der Waals surface area contributed by atoms with Crippen molar-refractivity contribution in [2.24, 2.45) is 0 Å². The lowest BCUT2D eigenvalue weighted by atomic mass is 10.0. The first-order valence-electron chi connectivity index (χ1n) is 11.5. The zero-order valence-corrected chi connectivity index (χ0v) is 20.4. The Morgan fingerprint density at radius 1 is 1.14 bits per heavy atom. The second-order valence-corrected chi connectivity index (χ2v) is 10.8. The normalized spacial score (nSPS) is 16.9. The molecule has 0 spiro atoms. The third-order valence-corrected chi connectivity index (χ3v) is 7.89. The van der Waals surface area contributed by atoms with E-state index in [0.29, 0.717) is 52.4 Å². The molecule has 2 aromatic heterocycles. The van der Waals surface area contributed by atoms with Gasteiger partial charge in [-0.1, -0.05) is 42.5 Å². The molecule has 1 fully saturated rings. The van der Waals surface area contributed by atoms with Gasteiger partial charge in [-0.25, -0.2) is 18.1 Å². The maximum absolute atomic E-state index is 13.6. The van der Waals surface area contributed by atoms with Gasteiger partial charge in [0.25, 0.3) is 5.91 Å². The topological polar surface area (TPSA) is 103 Å². The van der Waals surface area contributed by atoms with Gasteiger partial charge in [0.2, 0.25) is 0 Å². The number of anilines is 1. The summed E-state index contributed by atoms with van der Waals surface area (Å²) in [5, 5.41) is 8.24. The van der Waals surface area contributed by atoms with E-state index in [9.17, 15) is 13.2 Å². The van der Waals surface area contributed by atoms with Crippen LogP contribution in [0.1, 0.15) is 35.4 Å². The minimum Gasteiger partial charge on any atom is -0.492 e. The fraction of sp³-hybridized carbons (Fsp3) is 0.269. The summed E-state index contributed by atoms with van der Waals surface area (Å²) in [6.07, 6.45) is 0.471. The number of hydrogen-bond donors (Lipinski definition) is 1. The van der Waals surface area contributed by atoms with Crippen molar-refractivity contribution in [3.05, 3.63) is 71.9 Å². The molecule has 3 heterocycles. The molecule has 180 valence electrons. The summed E-state index contributed by atoms with van der Waals surface area (Å²) in [7, 11) is -3.12. The van der Waals surface area contributed by atoms with Crippen LogP contribution in [0.2, 0.25) is 0 Å². The van der Waals surface area contributed by atoms with Gasteiger partial charge in [-0.2, -0.15) is 5.10 Å². The lowest BCUT2D eigenvalue weighted by molar-refractivity contribution is 0.102. The van der Waals surface area contributed by atoms with Gasteiger partial charge in [-0.15, -0.1) is 0 Å². The Labute approximate surface area is 203 Å². The Hall–Kier alpha value is -3.72. The number of amides is 1. The fourth-order valence-electron chi connectivity index (χ4n) is 4.51. The van der Waals surface area contributed by atoms with Gasteiger partial charge in [0.05, 0.1) is 52.2 Å². The standard InChI is InChI=1S/C26H26N4O4S/c1-3-34-23-12-8-7-11-21(23)28-26(31)20-15-22(18-9-5-4-6-10-18)27-25-24(20)17(2)29-30(25)19-13-14-35(32,33)16-19/h4-12,15,19H,3,13-14,16H2,1-2H3,(H,28,31). The van der Waals surface area contributed by atoms with E-state index in [4.69, 9.17) is 9.72 Å². The molecular formula is C26H26N4O4S. The molecule has 1 aliphatic heterocycles. The number of sulfone groups is 1. The van der Waals surface area contributed by atoms with Crippen LogP contribution in [0, 0.1) is 6.92 Å². The third-order valence-electron chi connectivity index (χ3n) is 6.14. The van der Waals surface area contributed by atoms with Crippen LogP contribution >= 0.6 is 0 Å². The zero-order valence-electron chi connectivity index (χ0n) is 19.6. The summed E-state index contributed by atoms with van der Waals surface area (Å²) < 4.78 is 31.7. The van der Waals surface area contributed by atoms with Gasteiger partial charge in [-0.05, 0) is 38.5 Å². The van der Waals surface area contributed by atoms with Gasteiger partial charge >= 0.3 is 0 Å². The average Bonchev–Trinajstić information content (AvgIpc) is 3.39. The lowest BCUT2D eigenvalue weighted by Gasteiger charge is -2.14. The van der Waals surface area contributed by atoms with Crippen LogP contribution < -0.4 is 10.1 Å². The number of rotatable bonds is 6. The monoisotopic (exact) mass is 490 g/mol. The smallest absolute Gasteiger partial charge is 0.256 e. The number of aromatic nitrogens is 3. The van der Waals surface area contributed by atoms with E-state index in [-0.39, 0.29) is 23.5 Å². The Morgan fingerprint density at radius 2 is 1.89 bits per heavy atom. The number of pyridine rings is 1. The molecule has 8 nitrogen and oxygen atoms in total. The largest absolute Gasteiger partial charge is 0.492 e. The van der Waals surface area contributed by atoms with E-state index < -0.39 is 9.84 Å². The fourth-order valence-corrected chi connectivity index (χ4v) is 6.20. The molecule has 2 aromatic carbocycles. The van der Waals surface area contributed by atoms with Gasteiger partial charge in [0.15, 0.2) is 15.5 Å². The molecule has 0 radical (unpaired) electrons. The maximum Gasteiger partial charge on any atom is 0.256 e. The highest BCUT2D eigenvalue weighted by atomic mass is 32.2. The molecule has 5 rings (SSSR count). The molecule has 1 aliphatic rings. The summed E-state index contributed by atoms with van der Waals surface area (Å²) in [5.41, 5.74) is 3.59. The highest BCUT2D eigenvalue weighted by Crippen LogP contribution is 2.33. The van der Waals surface area contributed by atoms with Gasteiger partial charge < -0.3 is 10.1 Å². The molecule has 0 saturated carbocycles. The number of ether oxygens (including phenoxy) is 1. The lowest BCUT2D eigenvalue weighted by Crippen LogP contribution is -2.15. The van der Waals surface area contributed by atoms with Crippen molar-refractivity contribution in [2.45, 2.75) is 26.3 Å². The first kappa shape index (κ1) is 23.0. The minimum absolute atomic E-state index is 0.0176. The van der Waals surface area contributed by atoms with Crippen molar-refractivity contribution in [1.29, 1.82) is 0 Å². The maximum atomic E-state index is 13.6. The highest BCUT2D eigenvalue weighted by Gasteiger charge is 2.32. The molecule has 1 unspecified atom stereocenters. The molecule has 9 heteroatoms. The number of fused-ring (bicyclic) bond motifs is 1. The van der Waals surface area contributed by atoms with Crippen molar-refractivity contribution < 1.29 is 17.9 Å². The molecule has 4 aromatic rings. The van der Waals surface area contributed by atoms with E-state index in [1.54, 1.807) is 22.9 Å². The van der Waals surface area contributed by atoms with E-state index in [2.05, 4.69) is 10.4 Å². The van der Waals surface area contributed by atoms with Crippen LogP contribution in [0.3, 0.4) is 0 Å². The van der Waals surface area contributed by atoms with Gasteiger partial charge in [0, 0.05) is 5.56 Å². The van der Waals surface area contributed by atoms with Crippen LogP contribution in [-0.2, 0) is 9.84 Å². The average molecular weight is 491 g/mol. The molecule has 1 amide bonds. The number of hydrogen-bond acceptors (Lipinski definition) is 6. The van der Waals surface area contributed by atoms with Gasteiger partial charge in [0.1, 0.15) is 5.75 Å². The highest BCUT2D eigenvalue weighted by molar-refractivity contribution is 7.91. The van der Waals surface area contributed by atoms with Crippen molar-refractivity contribution >= 4 is 32.5 Å². The van der Waals surface area contributed by atoms with Crippen LogP contribution in [0.15, 0.2) is 60.7 Å². The molecule has 1 saturated heterocycles. The number of benzene rings is 2. The van der Waals surface area contributed by atoms with E-state index in [0.717, 1.165) is 5.56 Å². The van der Waals surface area contributed by atoms with E-state index >= 15 is 0 Å². The predicted molar refractivity (Wildman–Crippen MR) is 136 cm³/mol. The van der Waals surface area contributed by atoms with Crippen LogP contribution in [-0.4, -0.2) is 47.2 Å². The number of carbonyl (C=O) groups excluding carboxylic acids is 1. The second kappa shape index (κ2) is 9.14. The van der Waals surface area contributed by atoms with Crippen LogP contribution in [0.5, 0.6) is 5.75 Å². The quantitative estimate of drug-likeness (QED) is 0.429. The first-order chi connectivity index (χ1) is 16.9. The molecule has 0 aliphatic carbocycles. The van der Waals surface area contributed by atoms with Crippen molar-refractivity contribution in [3.63, 3.8) is 0 Å². The summed E-state index contributed by atoms with van der Waals surface area (Å²) in [6.45, 7) is 4.18. The number of nitrogens with zero attached hydrogens (tertiary/aromatic N) is 3. The summed E-state index contributed by atoms with van der Waals surface area (Å²) in [6, 6.07) is 18.3. The van der Waals surface area contributed by atoms with Crippen molar-refractivity contribution in [1.82, 2.24) is 14.8 Å². The van der Waals surface area contributed by atoms with Crippen LogP contribution in [0.25, 0.3) is 22.3 Å². The van der Waals surface area contributed by atoms with Crippen LogP contribution in [0.4, 0.5) is 5.69 Å². The SMILES string of the molecule is CCOc1ccccc1NC(=O)c1cc(-c2ccccc2)nc2c1c(C)nn2C1CCS(=O)(=O)C1. The number of para-hydroxylation sites is 2. The summed E-state index contributed by atoms with van der Waals surface area (Å²) in [4.78, 5) is 18.5. The molecule has 35 heavy (non-hydrogen) atoms. The molecule has 1 atom stereocenters. The predicted octanol–water partition coefficient (Wildman–Crippen LogP) is 4.42. The Bertz CT molecular complexity index is 1510. The van der Waals surface area contributed by atoms with Crippen molar-refractivity contribution in [3.8, 4) is 17.0 Å². The number of aryl methyl sites for hydroxylation is 1. The first-order valence-corrected chi connectivity index (χ1v) is 13.4. The minimum atomic E-state index is -3.12. The molecular weight excluding hydrogens is 464 g/mol. The van der Waals surface area contributed by atoms with E-state index in [1.807, 2.05) is 56.3 Å². The molecule has 0 bridgehead atoms. The Balaban J connectivity index is 1.66. The number of carbonyl (C=O) groups is 1. The van der Waals surface area contributed by atoms with Gasteiger partial charge in [-0.3, -0.25) is 4.79 Å². The summed E-state index contributed by atoms with van der Waals surface area (Å²) >= 11 is 0. The number of nitrogens with one attached hydrogen (secondary N) is 1. The Morgan fingerprint density at radius 3 is 2.60 bits per heavy atom. The van der Waals surface area contributed by atoms with E-state index in [1.165, 1.54) is 0 Å². The zero-order chi connectivity index (χ0) is 24.6. The third kappa shape index (κ3) is 4.51. The second-order valence-electron chi connectivity index (χ2n) is 8.59. The van der Waals surface area contributed by atoms with Crippen molar-refractivity contribution in [2.75, 3.05) is 23.4 Å².